The molecule has 0 spiro atoms. The first-order valence-corrected chi connectivity index (χ1v) is 11.7. The number of carbonyl (C=O) groups is 1. The van der Waals surface area contributed by atoms with E-state index < -0.39 is 15.9 Å². The lowest BCUT2D eigenvalue weighted by Crippen LogP contribution is -2.48. The predicted octanol–water partition coefficient (Wildman–Crippen LogP) is 2.80. The van der Waals surface area contributed by atoms with E-state index in [-0.39, 0.29) is 47.7 Å². The van der Waals surface area contributed by atoms with Crippen molar-refractivity contribution >= 4 is 21.9 Å². The Hall–Kier alpha value is -3.28. The van der Waals surface area contributed by atoms with Crippen molar-refractivity contribution in [1.82, 2.24) is 14.5 Å². The van der Waals surface area contributed by atoms with E-state index in [4.69, 9.17) is 13.9 Å². The Kier molecular flexibility index (Phi) is 6.45. The number of sulfonamides is 1. The van der Waals surface area contributed by atoms with E-state index in [0.29, 0.717) is 11.3 Å². The number of amides is 1. The number of carbonyl (C=O) groups excluding carboxylic acids is 1. The summed E-state index contributed by atoms with van der Waals surface area (Å²) in [5.41, 5.74) is 0.923. The maximum atomic E-state index is 13.0. The van der Waals surface area contributed by atoms with E-state index in [9.17, 15) is 13.2 Å². The molecule has 2 heterocycles. The van der Waals surface area contributed by atoms with Crippen molar-refractivity contribution in [1.29, 1.82) is 0 Å². The Bertz CT molecular complexity index is 1210. The zero-order valence-electron chi connectivity index (χ0n) is 18.4. The Balaban J connectivity index is 1.44. The Morgan fingerprint density at radius 2 is 1.67 bits per heavy atom. The third kappa shape index (κ3) is 5.05. The predicted molar refractivity (Wildman–Crippen MR) is 119 cm³/mol. The zero-order valence-corrected chi connectivity index (χ0v) is 19.2. The van der Waals surface area contributed by atoms with Crippen molar-refractivity contribution in [2.45, 2.75) is 31.0 Å². The van der Waals surface area contributed by atoms with Crippen LogP contribution in [0.25, 0.3) is 11.5 Å². The minimum Gasteiger partial charge on any atom is -0.497 e. The van der Waals surface area contributed by atoms with E-state index in [1.54, 1.807) is 31.4 Å². The fraction of sp³-hybridized carbons (Fsp3) is 0.318. The van der Waals surface area contributed by atoms with Crippen LogP contribution in [0, 0.1) is 0 Å². The van der Waals surface area contributed by atoms with Crippen molar-refractivity contribution in [2.24, 2.45) is 0 Å². The molecule has 1 N–H and O–H groups in total. The van der Waals surface area contributed by atoms with Crippen molar-refractivity contribution < 1.29 is 27.1 Å². The summed E-state index contributed by atoms with van der Waals surface area (Å²) in [6.07, 6.45) is -0.378. The number of methoxy groups -OCH3 is 1. The van der Waals surface area contributed by atoms with Crippen LogP contribution in [-0.2, 0) is 14.8 Å². The number of aromatic nitrogens is 2. The van der Waals surface area contributed by atoms with Crippen molar-refractivity contribution in [2.75, 3.05) is 25.5 Å². The van der Waals surface area contributed by atoms with Crippen molar-refractivity contribution in [3.8, 4) is 17.2 Å². The van der Waals surface area contributed by atoms with Crippen LogP contribution in [0.5, 0.6) is 5.75 Å². The first kappa shape index (κ1) is 22.9. The van der Waals surface area contributed by atoms with Gasteiger partial charge in [-0.2, -0.15) is 4.31 Å². The molecule has 0 saturated carbocycles. The summed E-state index contributed by atoms with van der Waals surface area (Å²) in [6, 6.07) is 12.7. The minimum absolute atomic E-state index is 0.0705. The van der Waals surface area contributed by atoms with Crippen LogP contribution in [0.4, 0.5) is 6.01 Å². The smallest absolute Gasteiger partial charge is 0.322 e. The summed E-state index contributed by atoms with van der Waals surface area (Å²) in [7, 11) is -2.12. The molecule has 1 fully saturated rings. The lowest BCUT2D eigenvalue weighted by molar-refractivity contribution is -0.0440. The molecule has 4 rings (SSSR count). The fourth-order valence-electron chi connectivity index (χ4n) is 3.55. The molecular weight excluding hydrogens is 448 g/mol. The van der Waals surface area contributed by atoms with E-state index in [1.165, 1.54) is 28.6 Å². The molecule has 0 bridgehead atoms. The molecule has 0 radical (unpaired) electrons. The van der Waals surface area contributed by atoms with Gasteiger partial charge in [-0.3, -0.25) is 10.1 Å². The van der Waals surface area contributed by atoms with Gasteiger partial charge < -0.3 is 13.9 Å². The molecule has 1 amide bonds. The highest BCUT2D eigenvalue weighted by Gasteiger charge is 2.32. The van der Waals surface area contributed by atoms with Crippen molar-refractivity contribution in [3.63, 3.8) is 0 Å². The summed E-state index contributed by atoms with van der Waals surface area (Å²) in [6.45, 7) is 4.23. The normalized spacial score (nSPS) is 19.2. The Morgan fingerprint density at radius 1 is 1.03 bits per heavy atom. The number of nitrogens with zero attached hydrogens (tertiary/aromatic N) is 3. The van der Waals surface area contributed by atoms with Gasteiger partial charge in [-0.25, -0.2) is 8.42 Å². The number of ether oxygens (including phenoxy) is 2. The van der Waals surface area contributed by atoms with Gasteiger partial charge in [0, 0.05) is 24.2 Å². The van der Waals surface area contributed by atoms with Gasteiger partial charge in [0.1, 0.15) is 5.75 Å². The second-order valence-electron chi connectivity index (χ2n) is 7.70. The maximum Gasteiger partial charge on any atom is 0.322 e. The monoisotopic (exact) mass is 472 g/mol. The average Bonchev–Trinajstić information content (AvgIpc) is 3.27. The summed E-state index contributed by atoms with van der Waals surface area (Å²) < 4.78 is 43.5. The summed E-state index contributed by atoms with van der Waals surface area (Å²) >= 11 is 0. The number of hydrogen-bond donors (Lipinski definition) is 1. The van der Waals surface area contributed by atoms with Gasteiger partial charge in [-0.05, 0) is 62.4 Å². The first-order chi connectivity index (χ1) is 15.8. The van der Waals surface area contributed by atoms with E-state index in [1.807, 2.05) is 13.8 Å². The molecule has 2 aromatic carbocycles. The third-order valence-electron chi connectivity index (χ3n) is 5.12. The van der Waals surface area contributed by atoms with Gasteiger partial charge in [0.2, 0.25) is 15.9 Å². The first-order valence-electron chi connectivity index (χ1n) is 10.3. The molecule has 0 aliphatic carbocycles. The van der Waals surface area contributed by atoms with Gasteiger partial charge in [0.05, 0.1) is 24.2 Å². The van der Waals surface area contributed by atoms with Crippen LogP contribution in [0.1, 0.15) is 24.2 Å². The van der Waals surface area contributed by atoms with Crippen LogP contribution in [0.2, 0.25) is 0 Å². The number of nitrogens with one attached hydrogen (secondary N) is 1. The number of benzene rings is 2. The summed E-state index contributed by atoms with van der Waals surface area (Å²) in [5, 5.41) is 10.3. The largest absolute Gasteiger partial charge is 0.497 e. The van der Waals surface area contributed by atoms with E-state index in [2.05, 4.69) is 15.5 Å². The molecule has 0 unspecified atom stereocenters. The Labute approximate surface area is 191 Å². The molecule has 1 aliphatic rings. The Morgan fingerprint density at radius 3 is 2.27 bits per heavy atom. The average molecular weight is 473 g/mol. The van der Waals surface area contributed by atoms with Gasteiger partial charge in [-0.1, -0.05) is 5.10 Å². The lowest BCUT2D eigenvalue weighted by Gasteiger charge is -2.34. The quantitative estimate of drug-likeness (QED) is 0.581. The standard InChI is InChI=1S/C22H24N4O6S/c1-14-12-26(13-15(2)31-14)33(28,29)19-10-6-16(7-11-19)20(27)23-22-25-24-21(32-22)17-4-8-18(30-3)9-5-17/h4-11,14-15H,12-13H2,1-3H3,(H,23,25,27)/t14-,15-/m0/s1. The maximum absolute atomic E-state index is 13.0. The molecule has 33 heavy (non-hydrogen) atoms. The molecule has 10 nitrogen and oxygen atoms in total. The number of morpholine rings is 1. The summed E-state index contributed by atoms with van der Waals surface area (Å²) in [5.74, 6) is 0.427. The third-order valence-corrected chi connectivity index (χ3v) is 6.97. The molecule has 2 atom stereocenters. The number of hydrogen-bond acceptors (Lipinski definition) is 8. The molecule has 1 saturated heterocycles. The highest BCUT2D eigenvalue weighted by Crippen LogP contribution is 2.24. The van der Waals surface area contributed by atoms with E-state index >= 15 is 0 Å². The van der Waals surface area contributed by atoms with Crippen LogP contribution < -0.4 is 10.1 Å². The zero-order chi connectivity index (χ0) is 23.6. The molecule has 11 heteroatoms. The molecular formula is C22H24N4O6S. The second-order valence-corrected chi connectivity index (χ2v) is 9.64. The van der Waals surface area contributed by atoms with Gasteiger partial charge >= 0.3 is 6.01 Å². The molecule has 1 aliphatic heterocycles. The van der Waals surface area contributed by atoms with Crippen LogP contribution in [-0.4, -0.2) is 61.2 Å². The van der Waals surface area contributed by atoms with Gasteiger partial charge in [-0.15, -0.1) is 5.10 Å². The molecule has 3 aromatic rings. The SMILES string of the molecule is COc1ccc(-c2nnc(NC(=O)c3ccc(S(=O)(=O)N4C[C@H](C)O[C@@H](C)C4)cc3)o2)cc1. The van der Waals surface area contributed by atoms with Gasteiger partial charge in [0.15, 0.2) is 0 Å². The molecule has 174 valence electrons. The molecule has 1 aromatic heterocycles. The second kappa shape index (κ2) is 9.30. The highest BCUT2D eigenvalue weighted by molar-refractivity contribution is 7.89. The van der Waals surface area contributed by atoms with Gasteiger partial charge in [0.25, 0.3) is 5.91 Å². The minimum atomic E-state index is -3.69. The highest BCUT2D eigenvalue weighted by atomic mass is 32.2. The van der Waals surface area contributed by atoms with Crippen LogP contribution >= 0.6 is 0 Å². The fourth-order valence-corrected chi connectivity index (χ4v) is 5.14. The van der Waals surface area contributed by atoms with Crippen LogP contribution in [0.15, 0.2) is 57.8 Å². The number of rotatable bonds is 6. The van der Waals surface area contributed by atoms with Crippen molar-refractivity contribution in [3.05, 3.63) is 54.1 Å². The lowest BCUT2D eigenvalue weighted by atomic mass is 10.2. The topological polar surface area (TPSA) is 124 Å². The van der Waals surface area contributed by atoms with Crippen LogP contribution in [0.3, 0.4) is 0 Å². The van der Waals surface area contributed by atoms with E-state index in [0.717, 1.165) is 0 Å². The summed E-state index contributed by atoms with van der Waals surface area (Å²) in [4.78, 5) is 12.7. The number of anilines is 1.